The van der Waals surface area contributed by atoms with Crippen molar-refractivity contribution in [2.24, 2.45) is 22.7 Å². The number of aromatic nitrogens is 2. The first-order valence-electron chi connectivity index (χ1n) is 23.1. The minimum absolute atomic E-state index is 0.120. The fourth-order valence-corrected chi connectivity index (χ4v) is 10.9. The SMILES string of the molecule is COC(=O)N[C@H](C(=O)N1CCC[C@H]1C1=NC23CC2C=C([C@H]2CC[C@H](c4ccc5nc([C@@H]6CCCN6C(=O)[C@@H](NC(=O)OC)C(C)C)[nH]c5c4)N2c2ccc(C(F)(F)F)cc2)C=C3N1)C(C)C. The maximum absolute atomic E-state index is 13.9. The van der Waals surface area contributed by atoms with Crippen LogP contribution in [0.15, 0.2) is 70.9 Å². The number of likely N-dealkylation sites (tertiary alicyclic amines) is 2. The van der Waals surface area contributed by atoms with Crippen molar-refractivity contribution in [3.63, 3.8) is 0 Å². The second-order valence-corrected chi connectivity index (χ2v) is 19.1. The number of nitrogens with zero attached hydrogens (tertiary/aromatic N) is 5. The summed E-state index contributed by atoms with van der Waals surface area (Å²) in [6.45, 7) is 8.58. The van der Waals surface area contributed by atoms with Gasteiger partial charge in [-0.05, 0) is 110 Å². The van der Waals surface area contributed by atoms with E-state index in [0.717, 1.165) is 84.4 Å². The van der Waals surface area contributed by atoms with E-state index in [-0.39, 0.29) is 53.7 Å². The normalized spacial score (nSPS) is 26.6. The highest BCUT2D eigenvalue weighted by Crippen LogP contribution is 2.59. The minimum atomic E-state index is -4.48. The van der Waals surface area contributed by atoms with E-state index in [1.807, 2.05) is 44.7 Å². The highest BCUT2D eigenvalue weighted by molar-refractivity contribution is 5.98. The van der Waals surface area contributed by atoms with Crippen molar-refractivity contribution in [1.82, 2.24) is 35.7 Å². The number of aromatic amines is 1. The predicted molar refractivity (Wildman–Crippen MR) is 240 cm³/mol. The standard InChI is InChI=1S/C48H58F3N9O6/c1-25(2)39(55-45(63)65-5)43(61)58-19-7-9-36(58)41-52-32-16-11-27(22-33(32)53-41)34-17-18-35(60(34)31-14-12-29(13-15-31)48(49,50)51)28-21-30-24-47(30)38(23-28)54-42(57-47)37-10-8-20-59(37)44(62)40(26(3)4)56-46(64)66-6/h11-16,21-23,25-26,30,34-37,39-40H,7-10,17-20,24H2,1-6H3,(H,52,53)(H,54,57)(H,55,63)(H,56,64)/t30?,34-,35-,36+,37+,39+,40+,47?/m1/s1. The second kappa shape index (κ2) is 17.3. The number of aliphatic imine (C=N–C) groups is 1. The van der Waals surface area contributed by atoms with Crippen LogP contribution in [0.4, 0.5) is 28.4 Å². The molecule has 4 amide bonds. The number of alkyl carbamates (subject to hydrolysis) is 2. The summed E-state index contributed by atoms with van der Waals surface area (Å²) in [7, 11) is 2.54. The number of amidine groups is 1. The van der Waals surface area contributed by atoms with Gasteiger partial charge in [-0.3, -0.25) is 14.6 Å². The lowest BCUT2D eigenvalue weighted by Crippen LogP contribution is -2.54. The molecule has 66 heavy (non-hydrogen) atoms. The molecule has 9 rings (SSSR count). The van der Waals surface area contributed by atoms with Crippen LogP contribution in [-0.2, 0) is 25.2 Å². The van der Waals surface area contributed by atoms with E-state index in [1.54, 1.807) is 17.0 Å². The van der Waals surface area contributed by atoms with Crippen molar-refractivity contribution in [3.8, 4) is 0 Å². The zero-order chi connectivity index (χ0) is 46.8. The molecule has 2 aliphatic carbocycles. The van der Waals surface area contributed by atoms with Crippen molar-refractivity contribution >= 4 is 46.6 Å². The van der Waals surface area contributed by atoms with Gasteiger partial charge in [-0.2, -0.15) is 13.2 Å². The number of imidazole rings is 1. The Morgan fingerprint density at radius 1 is 0.803 bits per heavy atom. The molecule has 3 aromatic rings. The molecule has 6 aliphatic rings. The Hall–Kier alpha value is -6.07. The number of nitrogens with one attached hydrogen (secondary N) is 4. The number of hydrogen-bond acceptors (Lipinski definition) is 10. The van der Waals surface area contributed by atoms with Crippen LogP contribution in [0.5, 0.6) is 0 Å². The minimum Gasteiger partial charge on any atom is -0.453 e. The summed E-state index contributed by atoms with van der Waals surface area (Å²) in [6, 6.07) is 8.97. The Morgan fingerprint density at radius 2 is 1.41 bits per heavy atom. The molecule has 18 heteroatoms. The summed E-state index contributed by atoms with van der Waals surface area (Å²) in [5, 5.41) is 9.05. The first-order chi connectivity index (χ1) is 31.5. The van der Waals surface area contributed by atoms with E-state index in [0.29, 0.717) is 31.0 Å². The topological polar surface area (TPSA) is 174 Å². The van der Waals surface area contributed by atoms with E-state index >= 15 is 0 Å². The van der Waals surface area contributed by atoms with Gasteiger partial charge in [0.1, 0.15) is 29.3 Å². The predicted octanol–water partition coefficient (Wildman–Crippen LogP) is 7.29. The first kappa shape index (κ1) is 45.1. The Labute approximate surface area is 381 Å². The largest absolute Gasteiger partial charge is 0.453 e. The lowest BCUT2D eigenvalue weighted by Gasteiger charge is -2.35. The van der Waals surface area contributed by atoms with E-state index in [4.69, 9.17) is 19.5 Å². The number of alkyl halides is 3. The molecule has 4 aliphatic heterocycles. The third-order valence-corrected chi connectivity index (χ3v) is 14.4. The van der Waals surface area contributed by atoms with Gasteiger partial charge >= 0.3 is 18.4 Å². The fraction of sp³-hybridized carbons (Fsp3) is 0.542. The lowest BCUT2D eigenvalue weighted by atomic mass is 9.94. The molecule has 1 spiro atoms. The van der Waals surface area contributed by atoms with E-state index in [9.17, 15) is 32.3 Å². The highest BCUT2D eigenvalue weighted by Gasteiger charge is 2.62. The quantitative estimate of drug-likeness (QED) is 0.154. The zero-order valence-electron chi connectivity index (χ0n) is 38.1. The van der Waals surface area contributed by atoms with Gasteiger partial charge in [-0.1, -0.05) is 39.8 Å². The summed E-state index contributed by atoms with van der Waals surface area (Å²) in [5.41, 5.74) is 4.04. The zero-order valence-corrected chi connectivity index (χ0v) is 38.1. The number of H-pyrrole nitrogens is 1. The van der Waals surface area contributed by atoms with Crippen LogP contribution in [0.25, 0.3) is 11.0 Å². The number of benzene rings is 2. The summed E-state index contributed by atoms with van der Waals surface area (Å²) in [6.07, 6.45) is 3.90. The number of hydrogen-bond donors (Lipinski definition) is 4. The number of amides is 4. The van der Waals surface area contributed by atoms with Crippen LogP contribution in [0, 0.1) is 17.8 Å². The first-order valence-corrected chi connectivity index (χ1v) is 23.1. The number of carbonyl (C=O) groups excluding carboxylic acids is 4. The fourth-order valence-electron chi connectivity index (χ4n) is 10.9. The van der Waals surface area contributed by atoms with Crippen LogP contribution >= 0.6 is 0 Å². The van der Waals surface area contributed by atoms with Gasteiger partial charge in [0.25, 0.3) is 0 Å². The van der Waals surface area contributed by atoms with Gasteiger partial charge in [-0.25, -0.2) is 14.6 Å². The summed E-state index contributed by atoms with van der Waals surface area (Å²) < 4.78 is 51.2. The molecular formula is C48H58F3N9O6. The third kappa shape index (κ3) is 8.13. The van der Waals surface area contributed by atoms with Gasteiger partial charge in [0.2, 0.25) is 11.8 Å². The smallest absolute Gasteiger partial charge is 0.416 e. The number of methoxy groups -OCH3 is 2. The monoisotopic (exact) mass is 913 g/mol. The second-order valence-electron chi connectivity index (χ2n) is 19.1. The molecule has 3 saturated heterocycles. The molecule has 0 bridgehead atoms. The molecule has 0 radical (unpaired) electrons. The Balaban J connectivity index is 0.982. The summed E-state index contributed by atoms with van der Waals surface area (Å²) in [5.74, 6) is 0.798. The summed E-state index contributed by atoms with van der Waals surface area (Å²) >= 11 is 0. The van der Waals surface area contributed by atoms with Crippen LogP contribution < -0.4 is 20.9 Å². The molecule has 15 nitrogen and oxygen atoms in total. The van der Waals surface area contributed by atoms with Gasteiger partial charge in [0.05, 0.1) is 55.0 Å². The third-order valence-electron chi connectivity index (χ3n) is 14.4. The molecule has 8 atom stereocenters. The number of anilines is 1. The Kier molecular flexibility index (Phi) is 11.8. The highest BCUT2D eigenvalue weighted by atomic mass is 19.4. The van der Waals surface area contributed by atoms with E-state index in [2.05, 4.69) is 44.1 Å². The molecule has 2 unspecified atom stereocenters. The number of rotatable bonds is 11. The van der Waals surface area contributed by atoms with Crippen molar-refractivity contribution in [3.05, 3.63) is 82.8 Å². The lowest BCUT2D eigenvalue weighted by molar-refractivity contribution is -0.137. The Bertz CT molecular complexity index is 2500. The van der Waals surface area contributed by atoms with Crippen molar-refractivity contribution in [2.75, 3.05) is 32.2 Å². The van der Waals surface area contributed by atoms with Crippen LogP contribution in [0.2, 0.25) is 0 Å². The van der Waals surface area contributed by atoms with Gasteiger partial charge < -0.3 is 45.1 Å². The maximum Gasteiger partial charge on any atom is 0.416 e. The summed E-state index contributed by atoms with van der Waals surface area (Å²) in [4.78, 5) is 71.6. The molecule has 2 aromatic carbocycles. The number of carbonyl (C=O) groups is 4. The average molecular weight is 914 g/mol. The Morgan fingerprint density at radius 3 is 2.02 bits per heavy atom. The molecule has 1 saturated carbocycles. The molecule has 4 N–H and O–H groups in total. The molecular weight excluding hydrogens is 856 g/mol. The van der Waals surface area contributed by atoms with Gasteiger partial charge in [-0.15, -0.1) is 0 Å². The molecule has 4 fully saturated rings. The van der Waals surface area contributed by atoms with Crippen LogP contribution in [-0.4, -0.2) is 107 Å². The van der Waals surface area contributed by atoms with E-state index < -0.39 is 41.5 Å². The molecule has 1 aromatic heterocycles. The molecule has 352 valence electrons. The number of fused-ring (bicyclic) bond motifs is 1. The van der Waals surface area contributed by atoms with Crippen molar-refractivity contribution < 1.29 is 41.8 Å². The molecule has 5 heterocycles. The van der Waals surface area contributed by atoms with Gasteiger partial charge in [0.15, 0.2) is 0 Å². The van der Waals surface area contributed by atoms with Crippen molar-refractivity contribution in [1.29, 1.82) is 0 Å². The maximum atomic E-state index is 13.9. The number of ether oxygens (including phenoxy) is 2. The van der Waals surface area contributed by atoms with Crippen LogP contribution in [0.3, 0.4) is 0 Å². The van der Waals surface area contributed by atoms with Gasteiger partial charge in [0, 0.05) is 30.4 Å². The average Bonchev–Trinajstić information content (AvgIpc) is 3.98. The van der Waals surface area contributed by atoms with E-state index in [1.165, 1.54) is 14.2 Å². The van der Waals surface area contributed by atoms with Crippen LogP contribution in [0.1, 0.15) is 102 Å². The van der Waals surface area contributed by atoms with Crippen molar-refractivity contribution in [2.45, 2.75) is 121 Å². The number of halogens is 3.